The molecule has 0 aromatic heterocycles. The zero-order chi connectivity index (χ0) is 12.3. The Balaban J connectivity index is 2.21. The number of thioether (sulfide) groups is 1. The third kappa shape index (κ3) is 3.27. The average Bonchev–Trinajstić information content (AvgIpc) is 2.30. The van der Waals surface area contributed by atoms with Crippen LogP contribution in [0, 0.1) is 0 Å². The smallest absolute Gasteiger partial charge is 0.0406 e. The minimum atomic E-state index is 0.0476. The lowest BCUT2D eigenvalue weighted by Crippen LogP contribution is -2.11. The van der Waals surface area contributed by atoms with E-state index in [4.69, 9.17) is 11.6 Å². The molecule has 0 atom stereocenters. The van der Waals surface area contributed by atoms with Crippen LogP contribution in [0.4, 0.5) is 0 Å². The highest BCUT2D eigenvalue weighted by atomic mass is 35.5. The molecule has 0 amide bonds. The topological polar surface area (TPSA) is 0 Å². The van der Waals surface area contributed by atoms with E-state index in [2.05, 4.69) is 50.2 Å². The van der Waals surface area contributed by atoms with Crippen LogP contribution in [0.1, 0.15) is 19.4 Å². The van der Waals surface area contributed by atoms with Crippen molar-refractivity contribution in [1.29, 1.82) is 0 Å². The van der Waals surface area contributed by atoms with Gasteiger partial charge in [0.1, 0.15) is 0 Å². The van der Waals surface area contributed by atoms with Crippen LogP contribution >= 0.6 is 23.4 Å². The van der Waals surface area contributed by atoms with Crippen molar-refractivity contribution in [2.24, 2.45) is 0 Å². The van der Waals surface area contributed by atoms with Crippen molar-refractivity contribution in [3.8, 4) is 0 Å². The number of halogens is 1. The molecule has 2 aromatic carbocycles. The van der Waals surface area contributed by atoms with E-state index in [0.29, 0.717) is 0 Å². The molecule has 0 bridgehead atoms. The fraction of sp³-hybridized carbons (Fsp3) is 0.200. The largest absolute Gasteiger partial charge is 0.115 e. The molecule has 2 rings (SSSR count). The van der Waals surface area contributed by atoms with Crippen LogP contribution in [0.25, 0.3) is 0 Å². The van der Waals surface area contributed by atoms with Crippen molar-refractivity contribution in [2.75, 3.05) is 0 Å². The zero-order valence-corrected chi connectivity index (χ0v) is 11.6. The molecule has 0 aliphatic carbocycles. The minimum Gasteiger partial charge on any atom is -0.115 e. The van der Waals surface area contributed by atoms with E-state index < -0.39 is 0 Å². The Morgan fingerprint density at radius 3 is 2.06 bits per heavy atom. The first kappa shape index (κ1) is 12.5. The summed E-state index contributed by atoms with van der Waals surface area (Å²) in [4.78, 5) is 1.28. The van der Waals surface area contributed by atoms with Crippen LogP contribution in [0.5, 0.6) is 0 Å². The summed E-state index contributed by atoms with van der Waals surface area (Å²) in [6.07, 6.45) is 0. The summed E-state index contributed by atoms with van der Waals surface area (Å²) in [5.74, 6) is 0. The fourth-order valence-corrected chi connectivity index (χ4v) is 2.96. The highest BCUT2D eigenvalue weighted by Gasteiger charge is 2.21. The van der Waals surface area contributed by atoms with Gasteiger partial charge in [-0.25, -0.2) is 0 Å². The molecule has 0 saturated carbocycles. The molecule has 0 unspecified atom stereocenters. The molecule has 0 nitrogen and oxygen atoms in total. The highest BCUT2D eigenvalue weighted by molar-refractivity contribution is 8.00. The molecule has 0 aliphatic heterocycles. The van der Waals surface area contributed by atoms with Gasteiger partial charge in [-0.15, -0.1) is 11.8 Å². The molecule has 0 spiro atoms. The number of rotatable bonds is 3. The molecular weight excluding hydrogens is 248 g/mol. The van der Waals surface area contributed by atoms with Gasteiger partial charge in [0.25, 0.3) is 0 Å². The van der Waals surface area contributed by atoms with Crippen LogP contribution in [0.3, 0.4) is 0 Å². The Hall–Kier alpha value is -0.920. The average molecular weight is 263 g/mol. The van der Waals surface area contributed by atoms with E-state index in [1.165, 1.54) is 10.5 Å². The molecule has 2 aromatic rings. The predicted octanol–water partition coefficient (Wildman–Crippen LogP) is 5.37. The second-order valence-electron chi connectivity index (χ2n) is 4.43. The molecule has 0 fully saturated rings. The maximum absolute atomic E-state index is 5.92. The van der Waals surface area contributed by atoms with E-state index in [0.717, 1.165) is 5.02 Å². The maximum atomic E-state index is 5.92. The molecule has 17 heavy (non-hydrogen) atoms. The summed E-state index contributed by atoms with van der Waals surface area (Å²) in [5, 5.41) is 0.786. The summed E-state index contributed by atoms with van der Waals surface area (Å²) >= 11 is 7.78. The summed E-state index contributed by atoms with van der Waals surface area (Å²) in [5.41, 5.74) is 1.29. The maximum Gasteiger partial charge on any atom is 0.0406 e. The van der Waals surface area contributed by atoms with E-state index in [1.807, 2.05) is 30.0 Å². The normalized spacial score (nSPS) is 11.5. The lowest BCUT2D eigenvalue weighted by Gasteiger charge is -2.24. The van der Waals surface area contributed by atoms with Crippen molar-refractivity contribution < 1.29 is 0 Å². The van der Waals surface area contributed by atoms with Crippen LogP contribution in [-0.2, 0) is 4.75 Å². The first-order chi connectivity index (χ1) is 8.08. The van der Waals surface area contributed by atoms with Crippen LogP contribution in [-0.4, -0.2) is 0 Å². The van der Waals surface area contributed by atoms with E-state index in [1.54, 1.807) is 0 Å². The van der Waals surface area contributed by atoms with E-state index in [9.17, 15) is 0 Å². The van der Waals surface area contributed by atoms with Crippen molar-refractivity contribution in [3.05, 3.63) is 65.2 Å². The molecule has 0 saturated heterocycles. The van der Waals surface area contributed by atoms with E-state index in [-0.39, 0.29) is 4.75 Å². The molecule has 0 aliphatic rings. The van der Waals surface area contributed by atoms with Gasteiger partial charge in [-0.1, -0.05) is 41.9 Å². The standard InChI is InChI=1S/C15H15ClS/c1-15(2,12-8-10-13(16)11-9-12)17-14-6-4-3-5-7-14/h3-11H,1-2H3. The van der Waals surface area contributed by atoms with Crippen molar-refractivity contribution in [3.63, 3.8) is 0 Å². The molecule has 0 N–H and O–H groups in total. The second kappa shape index (κ2) is 5.16. The Morgan fingerprint density at radius 2 is 1.47 bits per heavy atom. The van der Waals surface area contributed by atoms with Crippen molar-refractivity contribution in [1.82, 2.24) is 0 Å². The van der Waals surface area contributed by atoms with Gasteiger partial charge in [0.05, 0.1) is 0 Å². The Morgan fingerprint density at radius 1 is 0.882 bits per heavy atom. The molecule has 0 heterocycles. The third-order valence-electron chi connectivity index (χ3n) is 2.66. The van der Waals surface area contributed by atoms with Crippen LogP contribution < -0.4 is 0 Å². The van der Waals surface area contributed by atoms with Gasteiger partial charge in [0, 0.05) is 14.7 Å². The van der Waals surface area contributed by atoms with Crippen molar-refractivity contribution >= 4 is 23.4 Å². The third-order valence-corrected chi connectivity index (χ3v) is 4.16. The quantitative estimate of drug-likeness (QED) is 0.671. The van der Waals surface area contributed by atoms with Crippen LogP contribution in [0.2, 0.25) is 5.02 Å². The Labute approximate surface area is 112 Å². The van der Waals surface area contributed by atoms with Gasteiger partial charge >= 0.3 is 0 Å². The Kier molecular flexibility index (Phi) is 3.80. The Bertz CT molecular complexity index is 474. The first-order valence-electron chi connectivity index (χ1n) is 5.58. The summed E-state index contributed by atoms with van der Waals surface area (Å²) in [6, 6.07) is 18.6. The summed E-state index contributed by atoms with van der Waals surface area (Å²) in [7, 11) is 0. The summed E-state index contributed by atoms with van der Waals surface area (Å²) < 4.78 is 0.0476. The molecule has 2 heteroatoms. The predicted molar refractivity (Wildman–Crippen MR) is 76.8 cm³/mol. The van der Waals surface area contributed by atoms with Crippen molar-refractivity contribution in [2.45, 2.75) is 23.5 Å². The van der Waals surface area contributed by atoms with Gasteiger partial charge in [-0.2, -0.15) is 0 Å². The zero-order valence-electron chi connectivity index (χ0n) is 9.98. The minimum absolute atomic E-state index is 0.0476. The van der Waals surface area contributed by atoms with Gasteiger partial charge < -0.3 is 0 Å². The van der Waals surface area contributed by atoms with Gasteiger partial charge in [0.15, 0.2) is 0 Å². The highest BCUT2D eigenvalue weighted by Crippen LogP contribution is 2.40. The molecular formula is C15H15ClS. The molecule has 88 valence electrons. The van der Waals surface area contributed by atoms with Gasteiger partial charge in [0.2, 0.25) is 0 Å². The number of benzene rings is 2. The van der Waals surface area contributed by atoms with E-state index >= 15 is 0 Å². The monoisotopic (exact) mass is 262 g/mol. The molecule has 0 radical (unpaired) electrons. The lowest BCUT2D eigenvalue weighted by atomic mass is 10.0. The van der Waals surface area contributed by atoms with Gasteiger partial charge in [-0.05, 0) is 43.7 Å². The number of hydrogen-bond acceptors (Lipinski definition) is 1. The lowest BCUT2D eigenvalue weighted by molar-refractivity contribution is 0.782. The van der Waals surface area contributed by atoms with Gasteiger partial charge in [-0.3, -0.25) is 0 Å². The summed E-state index contributed by atoms with van der Waals surface area (Å²) in [6.45, 7) is 4.46. The van der Waals surface area contributed by atoms with Crippen LogP contribution in [0.15, 0.2) is 59.5 Å². The fourth-order valence-electron chi connectivity index (χ4n) is 1.69. The first-order valence-corrected chi connectivity index (χ1v) is 6.77. The number of hydrogen-bond donors (Lipinski definition) is 0. The second-order valence-corrected chi connectivity index (χ2v) is 6.56. The SMILES string of the molecule is CC(C)(Sc1ccccc1)c1ccc(Cl)cc1.